The molecule has 1 aromatic carbocycles. The van der Waals surface area contributed by atoms with Gasteiger partial charge in [0.2, 0.25) is 0 Å². The molecule has 26 heavy (non-hydrogen) atoms. The number of aryl methyl sites for hydroxylation is 2. The van der Waals surface area contributed by atoms with Crippen molar-refractivity contribution in [1.82, 2.24) is 10.6 Å². The quantitative estimate of drug-likeness (QED) is 0.329. The molecule has 5 nitrogen and oxygen atoms in total. The van der Waals surface area contributed by atoms with E-state index in [2.05, 4.69) is 46.8 Å². The summed E-state index contributed by atoms with van der Waals surface area (Å²) in [6.07, 6.45) is 0.917. The minimum atomic E-state index is -1.13. The van der Waals surface area contributed by atoms with Crippen LogP contribution < -0.4 is 10.6 Å². The van der Waals surface area contributed by atoms with Crippen LogP contribution in [0.4, 0.5) is 0 Å². The number of nitrogens with zero attached hydrogens (tertiary/aromatic N) is 1. The minimum Gasteiger partial charge on any atom is -0.463 e. The number of aliphatic hydroxyl groups is 1. The molecule has 1 aromatic heterocycles. The topological polar surface area (TPSA) is 69.8 Å². The number of hydrogen-bond acceptors (Lipinski definition) is 3. The molecule has 6 heteroatoms. The summed E-state index contributed by atoms with van der Waals surface area (Å²) in [6.45, 7) is 9.45. The number of nitrogens with one attached hydrogen (secondary N) is 2. The van der Waals surface area contributed by atoms with E-state index >= 15 is 0 Å². The Morgan fingerprint density at radius 2 is 1.96 bits per heavy atom. The van der Waals surface area contributed by atoms with Crippen molar-refractivity contribution >= 4 is 29.9 Å². The lowest BCUT2D eigenvalue weighted by Crippen LogP contribution is -2.39. The molecule has 0 aliphatic heterocycles. The zero-order chi connectivity index (χ0) is 18.3. The third kappa shape index (κ3) is 6.99. The largest absolute Gasteiger partial charge is 0.463 e. The first-order chi connectivity index (χ1) is 11.9. The van der Waals surface area contributed by atoms with Crippen molar-refractivity contribution < 1.29 is 9.52 Å². The smallest absolute Gasteiger partial charge is 0.191 e. The summed E-state index contributed by atoms with van der Waals surface area (Å²) in [4.78, 5) is 4.50. The summed E-state index contributed by atoms with van der Waals surface area (Å²) in [7, 11) is 0. The lowest BCUT2D eigenvalue weighted by molar-refractivity contribution is 0.0428. The zero-order valence-electron chi connectivity index (χ0n) is 16.0. The Morgan fingerprint density at radius 1 is 1.19 bits per heavy atom. The fourth-order valence-corrected chi connectivity index (χ4v) is 2.57. The Balaban J connectivity index is 0.00000338. The predicted octanol–water partition coefficient (Wildman–Crippen LogP) is 3.52. The normalized spacial score (nSPS) is 13.7. The van der Waals surface area contributed by atoms with Gasteiger partial charge < -0.3 is 20.2 Å². The van der Waals surface area contributed by atoms with Crippen LogP contribution in [-0.2, 0) is 12.0 Å². The second-order valence-corrected chi connectivity index (χ2v) is 6.55. The fourth-order valence-electron chi connectivity index (χ4n) is 2.57. The van der Waals surface area contributed by atoms with Gasteiger partial charge >= 0.3 is 0 Å². The Labute approximate surface area is 173 Å². The van der Waals surface area contributed by atoms with Crippen molar-refractivity contribution in [2.75, 3.05) is 19.6 Å². The molecule has 1 atom stereocenters. The Bertz CT molecular complexity index is 711. The molecule has 144 valence electrons. The Morgan fingerprint density at radius 3 is 2.58 bits per heavy atom. The van der Waals surface area contributed by atoms with Crippen LogP contribution >= 0.6 is 24.0 Å². The van der Waals surface area contributed by atoms with Crippen molar-refractivity contribution in [3.63, 3.8) is 0 Å². The number of furan rings is 1. The molecule has 0 aliphatic carbocycles. The number of hydrogen-bond donors (Lipinski definition) is 3. The van der Waals surface area contributed by atoms with Gasteiger partial charge in [-0.3, -0.25) is 0 Å². The molecule has 0 spiro atoms. The highest BCUT2D eigenvalue weighted by atomic mass is 127. The van der Waals surface area contributed by atoms with Gasteiger partial charge in [-0.1, -0.05) is 29.8 Å². The van der Waals surface area contributed by atoms with Crippen LogP contribution in [0.25, 0.3) is 0 Å². The highest BCUT2D eigenvalue weighted by molar-refractivity contribution is 14.0. The van der Waals surface area contributed by atoms with Crippen molar-refractivity contribution in [2.24, 2.45) is 4.99 Å². The maximum absolute atomic E-state index is 10.6. The summed E-state index contributed by atoms with van der Waals surface area (Å²) < 4.78 is 5.53. The SMILES string of the molecule is CCNC(=NCC(C)(O)c1ccc(C)o1)NCCc1cccc(C)c1.I. The van der Waals surface area contributed by atoms with Crippen LogP contribution in [0.3, 0.4) is 0 Å². The predicted molar refractivity (Wildman–Crippen MR) is 117 cm³/mol. The second kappa shape index (κ2) is 10.6. The van der Waals surface area contributed by atoms with E-state index in [0.717, 1.165) is 25.3 Å². The monoisotopic (exact) mass is 471 g/mol. The molecule has 1 heterocycles. The number of benzene rings is 1. The summed E-state index contributed by atoms with van der Waals surface area (Å²) in [5, 5.41) is 17.1. The molecule has 0 bridgehead atoms. The lowest BCUT2D eigenvalue weighted by atomic mass is 10.0. The standard InChI is InChI=1S/C20H29N3O2.HI/c1-5-21-19(22-12-11-17-8-6-7-15(2)13-17)23-14-20(4,24)18-10-9-16(3)25-18;/h6-10,13,24H,5,11-12,14H2,1-4H3,(H2,21,22,23);1H. The first-order valence-electron chi connectivity index (χ1n) is 8.78. The molecule has 0 amide bonds. The molecule has 0 aliphatic rings. The van der Waals surface area contributed by atoms with E-state index in [4.69, 9.17) is 4.42 Å². The van der Waals surface area contributed by atoms with Crippen LogP contribution in [0.2, 0.25) is 0 Å². The number of halogens is 1. The van der Waals surface area contributed by atoms with Crippen LogP contribution in [-0.4, -0.2) is 30.7 Å². The Hall–Kier alpha value is -1.54. The second-order valence-electron chi connectivity index (χ2n) is 6.55. The van der Waals surface area contributed by atoms with Gasteiger partial charge in [0.25, 0.3) is 0 Å². The zero-order valence-corrected chi connectivity index (χ0v) is 18.3. The molecular formula is C20H30IN3O2. The third-order valence-corrected chi connectivity index (χ3v) is 3.95. The van der Waals surface area contributed by atoms with E-state index in [-0.39, 0.29) is 30.5 Å². The number of aliphatic imine (C=N–C) groups is 1. The summed E-state index contributed by atoms with van der Waals surface area (Å²) >= 11 is 0. The maximum Gasteiger partial charge on any atom is 0.191 e. The number of guanidine groups is 1. The average molecular weight is 471 g/mol. The molecular weight excluding hydrogens is 441 g/mol. The van der Waals surface area contributed by atoms with Gasteiger partial charge in [0.1, 0.15) is 17.1 Å². The van der Waals surface area contributed by atoms with Crippen molar-refractivity contribution in [3.8, 4) is 0 Å². The van der Waals surface area contributed by atoms with E-state index in [1.165, 1.54) is 11.1 Å². The lowest BCUT2D eigenvalue weighted by Gasteiger charge is -2.19. The summed E-state index contributed by atoms with van der Waals surface area (Å²) in [5.41, 5.74) is 1.43. The first-order valence-corrected chi connectivity index (χ1v) is 8.78. The van der Waals surface area contributed by atoms with E-state index in [9.17, 15) is 5.11 Å². The fraction of sp³-hybridized carbons (Fsp3) is 0.450. The maximum atomic E-state index is 10.6. The van der Waals surface area contributed by atoms with E-state index in [0.29, 0.717) is 11.7 Å². The van der Waals surface area contributed by atoms with Crippen molar-refractivity contribution in [3.05, 3.63) is 59.0 Å². The van der Waals surface area contributed by atoms with Gasteiger partial charge in [0, 0.05) is 13.1 Å². The third-order valence-electron chi connectivity index (χ3n) is 3.95. The minimum absolute atomic E-state index is 0. The van der Waals surface area contributed by atoms with Crippen molar-refractivity contribution in [1.29, 1.82) is 0 Å². The number of rotatable bonds is 7. The molecule has 2 aromatic rings. The van der Waals surface area contributed by atoms with Gasteiger partial charge in [0.15, 0.2) is 5.96 Å². The van der Waals surface area contributed by atoms with Crippen LogP contribution in [0.1, 0.15) is 36.5 Å². The van der Waals surface area contributed by atoms with Gasteiger partial charge in [-0.2, -0.15) is 0 Å². The summed E-state index contributed by atoms with van der Waals surface area (Å²) in [5.74, 6) is 2.01. The van der Waals surface area contributed by atoms with Gasteiger partial charge in [-0.15, -0.1) is 24.0 Å². The van der Waals surface area contributed by atoms with Crippen LogP contribution in [0.5, 0.6) is 0 Å². The van der Waals surface area contributed by atoms with Crippen LogP contribution in [0, 0.1) is 13.8 Å². The van der Waals surface area contributed by atoms with Gasteiger partial charge in [0.05, 0.1) is 6.54 Å². The van der Waals surface area contributed by atoms with E-state index < -0.39 is 5.60 Å². The summed E-state index contributed by atoms with van der Waals surface area (Å²) in [6, 6.07) is 12.1. The first kappa shape index (κ1) is 22.5. The highest BCUT2D eigenvalue weighted by Gasteiger charge is 2.26. The molecule has 0 saturated carbocycles. The van der Waals surface area contributed by atoms with E-state index in [1.807, 2.05) is 19.9 Å². The van der Waals surface area contributed by atoms with Crippen molar-refractivity contribution in [2.45, 2.75) is 39.7 Å². The van der Waals surface area contributed by atoms with Gasteiger partial charge in [-0.25, -0.2) is 4.99 Å². The average Bonchev–Trinajstić information content (AvgIpc) is 3.00. The molecule has 2 rings (SSSR count). The Kier molecular flexibility index (Phi) is 9.15. The van der Waals surface area contributed by atoms with E-state index in [1.54, 1.807) is 13.0 Å². The van der Waals surface area contributed by atoms with Gasteiger partial charge in [-0.05, 0) is 51.8 Å². The molecule has 1 unspecified atom stereocenters. The molecule has 0 fully saturated rings. The van der Waals surface area contributed by atoms with Crippen LogP contribution in [0.15, 0.2) is 45.8 Å². The molecule has 0 saturated heterocycles. The molecule has 3 N–H and O–H groups in total. The molecule has 0 radical (unpaired) electrons. The highest BCUT2D eigenvalue weighted by Crippen LogP contribution is 2.23.